The SMILES string of the molecule is N#Cc1ccc(OC(=O)c2ccc(CCCCCCCCCc3ccc(C(=O)Oc4ccc(C#N)c(P)c4)cc3)cc2)cc1F. The molecule has 0 radical (unpaired) electrons. The average molecular weight is 621 g/mol. The smallest absolute Gasteiger partial charge is 0.343 e. The molecule has 1 atom stereocenters. The molecule has 0 aromatic heterocycles. The number of hydrogen-bond donors (Lipinski definition) is 0. The predicted molar refractivity (Wildman–Crippen MR) is 174 cm³/mol. The molecule has 45 heavy (non-hydrogen) atoms. The Labute approximate surface area is 265 Å². The van der Waals surface area contributed by atoms with E-state index in [-0.39, 0.29) is 11.3 Å². The van der Waals surface area contributed by atoms with Gasteiger partial charge in [0.15, 0.2) is 0 Å². The number of nitriles is 2. The average Bonchev–Trinajstić information content (AvgIpc) is 3.04. The number of hydrogen-bond acceptors (Lipinski definition) is 6. The monoisotopic (exact) mass is 620 g/mol. The summed E-state index contributed by atoms with van der Waals surface area (Å²) in [5, 5.41) is 18.5. The normalized spacial score (nSPS) is 10.5. The molecular formula is C37H34FN2O4P. The Hall–Kier alpha value is -4.84. The molecule has 4 rings (SSSR count). The van der Waals surface area contributed by atoms with Crippen molar-refractivity contribution in [3.63, 3.8) is 0 Å². The highest BCUT2D eigenvalue weighted by Crippen LogP contribution is 2.19. The quantitative estimate of drug-likeness (QED) is 0.0613. The van der Waals surface area contributed by atoms with Crippen LogP contribution in [0.15, 0.2) is 84.9 Å². The summed E-state index contributed by atoms with van der Waals surface area (Å²) in [6.07, 6.45) is 9.94. The molecule has 0 aliphatic rings. The first-order valence-corrected chi connectivity index (χ1v) is 15.6. The first-order valence-electron chi connectivity index (χ1n) is 15.0. The van der Waals surface area contributed by atoms with Crippen LogP contribution in [0.3, 0.4) is 0 Å². The van der Waals surface area contributed by atoms with Gasteiger partial charge in [-0.1, -0.05) is 56.4 Å². The molecule has 0 heterocycles. The first kappa shape index (κ1) is 33.1. The van der Waals surface area contributed by atoms with E-state index in [0.29, 0.717) is 27.7 Å². The van der Waals surface area contributed by atoms with Crippen molar-refractivity contribution in [3.8, 4) is 23.6 Å². The number of aryl methyl sites for hydroxylation is 2. The lowest BCUT2D eigenvalue weighted by molar-refractivity contribution is 0.0725. The zero-order valence-corrected chi connectivity index (χ0v) is 26.1. The number of ether oxygens (including phenoxy) is 2. The van der Waals surface area contributed by atoms with Gasteiger partial charge < -0.3 is 9.47 Å². The summed E-state index contributed by atoms with van der Waals surface area (Å²) < 4.78 is 24.4. The van der Waals surface area contributed by atoms with Gasteiger partial charge in [-0.05, 0) is 96.7 Å². The summed E-state index contributed by atoms with van der Waals surface area (Å²) in [6, 6.07) is 27.2. The van der Waals surface area contributed by atoms with E-state index in [1.54, 1.807) is 48.5 Å². The third-order valence-electron chi connectivity index (χ3n) is 7.44. The van der Waals surface area contributed by atoms with Crippen LogP contribution < -0.4 is 14.8 Å². The standard InChI is InChI=1S/C37H34FN2O4P/c38-34-22-32(20-18-30(34)24-39)43-36(41)28-14-10-26(11-15-28)8-6-4-2-1-3-5-7-9-27-12-16-29(17-13-27)37(42)44-33-21-19-31(25-40)35(45)23-33/h10-23H,1-9,45H2. The fourth-order valence-corrected chi connectivity index (χ4v) is 5.17. The van der Waals surface area contributed by atoms with Crippen LogP contribution in [0.25, 0.3) is 0 Å². The molecule has 0 N–H and O–H groups in total. The molecule has 6 nitrogen and oxygen atoms in total. The summed E-state index contributed by atoms with van der Waals surface area (Å²) in [7, 11) is 2.47. The van der Waals surface area contributed by atoms with Crippen LogP contribution in [0, 0.1) is 28.5 Å². The van der Waals surface area contributed by atoms with E-state index < -0.39 is 17.8 Å². The van der Waals surface area contributed by atoms with E-state index in [1.165, 1.54) is 37.0 Å². The topological polar surface area (TPSA) is 100 Å². The largest absolute Gasteiger partial charge is 0.423 e. The summed E-state index contributed by atoms with van der Waals surface area (Å²) in [5.41, 5.74) is 3.64. The number of rotatable bonds is 14. The highest BCUT2D eigenvalue weighted by atomic mass is 31.0. The number of nitrogens with zero attached hydrogens (tertiary/aromatic N) is 2. The minimum atomic E-state index is -0.723. The maximum atomic E-state index is 13.7. The summed E-state index contributed by atoms with van der Waals surface area (Å²) in [6.45, 7) is 0. The molecule has 0 bridgehead atoms. The van der Waals surface area contributed by atoms with Crippen LogP contribution in [-0.4, -0.2) is 11.9 Å². The number of carbonyl (C=O) groups is 2. The summed E-state index contributed by atoms with van der Waals surface area (Å²) in [5.74, 6) is -1.25. The lowest BCUT2D eigenvalue weighted by atomic mass is 10.0. The molecule has 0 amide bonds. The Bertz CT molecular complexity index is 1580. The van der Waals surface area contributed by atoms with Gasteiger partial charge in [-0.25, -0.2) is 14.0 Å². The number of esters is 2. The Morgan fingerprint density at radius 1 is 0.600 bits per heavy atom. The van der Waals surface area contributed by atoms with Crippen molar-refractivity contribution in [3.05, 3.63) is 124 Å². The van der Waals surface area contributed by atoms with Gasteiger partial charge in [0, 0.05) is 6.07 Å². The Morgan fingerprint density at radius 3 is 1.44 bits per heavy atom. The van der Waals surface area contributed by atoms with Crippen LogP contribution in [0.1, 0.15) is 87.9 Å². The second-order valence-electron chi connectivity index (χ2n) is 10.8. The van der Waals surface area contributed by atoms with E-state index in [4.69, 9.17) is 20.0 Å². The fraction of sp³-hybridized carbons (Fsp3) is 0.243. The Kier molecular flexibility index (Phi) is 12.4. The van der Waals surface area contributed by atoms with Gasteiger partial charge in [0.05, 0.1) is 28.3 Å². The van der Waals surface area contributed by atoms with Crippen LogP contribution >= 0.6 is 9.24 Å². The minimum absolute atomic E-state index is 0.0606. The first-order chi connectivity index (χ1) is 21.9. The maximum Gasteiger partial charge on any atom is 0.343 e. The van der Waals surface area contributed by atoms with Crippen LogP contribution in [0.4, 0.5) is 4.39 Å². The van der Waals surface area contributed by atoms with Gasteiger partial charge in [-0.3, -0.25) is 0 Å². The van der Waals surface area contributed by atoms with Gasteiger partial charge in [0.1, 0.15) is 23.4 Å². The van der Waals surface area contributed by atoms with E-state index in [0.717, 1.165) is 50.2 Å². The molecule has 4 aromatic carbocycles. The second kappa shape index (κ2) is 16.9. The maximum absolute atomic E-state index is 13.7. The zero-order valence-electron chi connectivity index (χ0n) is 24.9. The molecule has 0 spiro atoms. The zero-order chi connectivity index (χ0) is 32.0. The Balaban J connectivity index is 1.06. The summed E-state index contributed by atoms with van der Waals surface area (Å²) in [4.78, 5) is 24.8. The van der Waals surface area contributed by atoms with Crippen LogP contribution in [0.2, 0.25) is 0 Å². The molecule has 0 saturated carbocycles. The molecule has 1 unspecified atom stereocenters. The number of benzene rings is 4. The Morgan fingerprint density at radius 2 is 1.02 bits per heavy atom. The van der Waals surface area contributed by atoms with E-state index in [1.807, 2.05) is 24.3 Å². The minimum Gasteiger partial charge on any atom is -0.423 e. The van der Waals surface area contributed by atoms with E-state index >= 15 is 0 Å². The van der Waals surface area contributed by atoms with Crippen molar-refractivity contribution < 1.29 is 23.5 Å². The van der Waals surface area contributed by atoms with E-state index in [2.05, 4.69) is 15.3 Å². The third-order valence-corrected chi connectivity index (χ3v) is 7.91. The second-order valence-corrected chi connectivity index (χ2v) is 11.4. The fourth-order valence-electron chi connectivity index (χ4n) is 4.85. The number of halogens is 1. The van der Waals surface area contributed by atoms with Gasteiger partial charge >= 0.3 is 11.9 Å². The van der Waals surface area contributed by atoms with Crippen molar-refractivity contribution in [2.24, 2.45) is 0 Å². The van der Waals surface area contributed by atoms with Crippen LogP contribution in [-0.2, 0) is 12.8 Å². The molecule has 0 aliphatic carbocycles. The lowest BCUT2D eigenvalue weighted by Gasteiger charge is -2.07. The van der Waals surface area contributed by atoms with Crippen molar-refractivity contribution in [1.82, 2.24) is 0 Å². The molecule has 0 saturated heterocycles. The number of carbonyl (C=O) groups excluding carboxylic acids is 2. The molecular weight excluding hydrogens is 586 g/mol. The molecule has 0 aliphatic heterocycles. The van der Waals surface area contributed by atoms with Gasteiger partial charge in [0.25, 0.3) is 0 Å². The lowest BCUT2D eigenvalue weighted by Crippen LogP contribution is -2.10. The van der Waals surface area contributed by atoms with Gasteiger partial charge in [-0.15, -0.1) is 9.24 Å². The molecule has 4 aromatic rings. The van der Waals surface area contributed by atoms with Gasteiger partial charge in [0.2, 0.25) is 0 Å². The molecule has 228 valence electrons. The van der Waals surface area contributed by atoms with Crippen LogP contribution in [0.5, 0.6) is 11.5 Å². The van der Waals surface area contributed by atoms with Crippen molar-refractivity contribution >= 4 is 26.5 Å². The molecule has 8 heteroatoms. The molecule has 0 fully saturated rings. The summed E-state index contributed by atoms with van der Waals surface area (Å²) >= 11 is 0. The highest BCUT2D eigenvalue weighted by molar-refractivity contribution is 7.27. The third kappa shape index (κ3) is 10.1. The van der Waals surface area contributed by atoms with Crippen molar-refractivity contribution in [2.75, 3.05) is 0 Å². The van der Waals surface area contributed by atoms with Crippen molar-refractivity contribution in [2.45, 2.75) is 57.8 Å². The van der Waals surface area contributed by atoms with Gasteiger partial charge in [-0.2, -0.15) is 10.5 Å². The van der Waals surface area contributed by atoms with Crippen molar-refractivity contribution in [1.29, 1.82) is 10.5 Å². The highest BCUT2D eigenvalue weighted by Gasteiger charge is 2.12. The van der Waals surface area contributed by atoms with E-state index in [9.17, 15) is 14.0 Å². The number of unbranched alkanes of at least 4 members (excludes halogenated alkanes) is 6. The predicted octanol–water partition coefficient (Wildman–Crippen LogP) is 8.02.